The third kappa shape index (κ3) is 4.12. The number of aromatic nitrogens is 1. The summed E-state index contributed by atoms with van der Waals surface area (Å²) in [5.41, 5.74) is 13.9. The minimum atomic E-state index is -0.135. The molecule has 242 valence electrons. The van der Waals surface area contributed by atoms with Crippen molar-refractivity contribution in [3.8, 4) is 22.6 Å². The summed E-state index contributed by atoms with van der Waals surface area (Å²) in [7, 11) is 0. The molecule has 0 N–H and O–H groups in total. The summed E-state index contributed by atoms with van der Waals surface area (Å²) in [4.78, 5) is 7.08. The first kappa shape index (κ1) is 28.3. The maximum Gasteiger partial charge on any atom is 0.227 e. The van der Waals surface area contributed by atoms with Crippen LogP contribution >= 0.6 is 0 Å². The fraction of sp³-hybridized carbons (Fsp3) is 0.0652. The SMILES string of the molecule is CC1(C)c2ccccc2-c2ccc(N(c3ccc4c(c3)oc3ccccc34)c3ccc4c(c3)oc3cc5nc(-c6ccccc6)oc5cc34)cc21. The molecule has 0 saturated heterocycles. The highest BCUT2D eigenvalue weighted by Crippen LogP contribution is 2.51. The van der Waals surface area contributed by atoms with E-state index in [4.69, 9.17) is 18.2 Å². The molecule has 0 fully saturated rings. The molecule has 0 aliphatic heterocycles. The maximum atomic E-state index is 6.57. The van der Waals surface area contributed by atoms with Gasteiger partial charge in [-0.1, -0.05) is 80.6 Å². The fourth-order valence-corrected chi connectivity index (χ4v) is 8.16. The molecule has 10 aromatic rings. The van der Waals surface area contributed by atoms with Crippen molar-refractivity contribution in [2.75, 3.05) is 4.90 Å². The molecule has 1 aliphatic rings. The van der Waals surface area contributed by atoms with Crippen molar-refractivity contribution in [1.29, 1.82) is 0 Å². The molecule has 1 aliphatic carbocycles. The number of hydrogen-bond donors (Lipinski definition) is 0. The molecular formula is C46H30N2O3. The first-order chi connectivity index (χ1) is 25.0. The third-order valence-corrected chi connectivity index (χ3v) is 10.7. The predicted octanol–water partition coefficient (Wildman–Crippen LogP) is 13.1. The van der Waals surface area contributed by atoms with Crippen LogP contribution in [0.5, 0.6) is 0 Å². The average molecular weight is 659 g/mol. The van der Waals surface area contributed by atoms with Crippen LogP contribution in [0.25, 0.3) is 77.6 Å². The Hall–Kier alpha value is -6.59. The second kappa shape index (κ2) is 10.2. The van der Waals surface area contributed by atoms with Crippen LogP contribution in [0, 0.1) is 0 Å². The van der Waals surface area contributed by atoms with Crippen LogP contribution in [0.1, 0.15) is 25.0 Å². The summed E-state index contributed by atoms with van der Waals surface area (Å²) in [5, 5.41) is 4.22. The van der Waals surface area contributed by atoms with E-state index in [1.807, 2.05) is 54.6 Å². The van der Waals surface area contributed by atoms with E-state index in [0.29, 0.717) is 5.89 Å². The van der Waals surface area contributed by atoms with Crippen molar-refractivity contribution in [2.24, 2.45) is 0 Å². The van der Waals surface area contributed by atoms with Gasteiger partial charge in [0.05, 0.1) is 0 Å². The minimum absolute atomic E-state index is 0.135. The molecule has 51 heavy (non-hydrogen) atoms. The second-order valence-corrected chi connectivity index (χ2v) is 14.0. The van der Waals surface area contributed by atoms with E-state index in [1.165, 1.54) is 22.3 Å². The van der Waals surface area contributed by atoms with E-state index in [9.17, 15) is 0 Å². The molecule has 0 spiro atoms. The lowest BCUT2D eigenvalue weighted by Gasteiger charge is -2.28. The molecule has 5 heteroatoms. The zero-order chi connectivity index (χ0) is 33.8. The lowest BCUT2D eigenvalue weighted by atomic mass is 9.82. The molecule has 0 atom stereocenters. The molecule has 3 heterocycles. The highest BCUT2D eigenvalue weighted by molar-refractivity contribution is 6.10. The quantitative estimate of drug-likeness (QED) is 0.188. The molecule has 0 saturated carbocycles. The first-order valence-electron chi connectivity index (χ1n) is 17.3. The zero-order valence-corrected chi connectivity index (χ0v) is 28.0. The lowest BCUT2D eigenvalue weighted by molar-refractivity contribution is 0.620. The largest absolute Gasteiger partial charge is 0.456 e. The summed E-state index contributed by atoms with van der Waals surface area (Å²) >= 11 is 0. The molecule has 5 nitrogen and oxygen atoms in total. The Morgan fingerprint density at radius 1 is 0.451 bits per heavy atom. The molecule has 0 bridgehead atoms. The van der Waals surface area contributed by atoms with Gasteiger partial charge in [-0.15, -0.1) is 0 Å². The number of anilines is 3. The third-order valence-electron chi connectivity index (χ3n) is 10.7. The summed E-state index contributed by atoms with van der Waals surface area (Å²) < 4.78 is 19.2. The van der Waals surface area contributed by atoms with E-state index in [0.717, 1.165) is 77.6 Å². The van der Waals surface area contributed by atoms with E-state index < -0.39 is 0 Å². The Bertz CT molecular complexity index is 3020. The number of hydrogen-bond acceptors (Lipinski definition) is 5. The normalized spacial score (nSPS) is 13.5. The summed E-state index contributed by atoms with van der Waals surface area (Å²) in [5.74, 6) is 0.600. The fourth-order valence-electron chi connectivity index (χ4n) is 8.16. The topological polar surface area (TPSA) is 55.6 Å². The molecule has 3 aromatic heterocycles. The van der Waals surface area contributed by atoms with Gasteiger partial charge in [-0.05, 0) is 82.9 Å². The summed E-state index contributed by atoms with van der Waals surface area (Å²) in [6.45, 7) is 4.64. The van der Waals surface area contributed by atoms with Crippen molar-refractivity contribution in [3.63, 3.8) is 0 Å². The number of para-hydroxylation sites is 1. The van der Waals surface area contributed by atoms with E-state index >= 15 is 0 Å². The molecular weight excluding hydrogens is 629 g/mol. The predicted molar refractivity (Wildman–Crippen MR) is 206 cm³/mol. The van der Waals surface area contributed by atoms with Crippen molar-refractivity contribution >= 4 is 72.0 Å². The Labute approximate surface area is 293 Å². The van der Waals surface area contributed by atoms with Crippen LogP contribution in [0.3, 0.4) is 0 Å². The van der Waals surface area contributed by atoms with Gasteiger partial charge in [0.1, 0.15) is 27.8 Å². The van der Waals surface area contributed by atoms with Crippen molar-refractivity contribution in [1.82, 2.24) is 4.98 Å². The van der Waals surface area contributed by atoms with Crippen LogP contribution in [-0.2, 0) is 5.41 Å². The Kier molecular flexibility index (Phi) is 5.66. The minimum Gasteiger partial charge on any atom is -0.456 e. The number of nitrogens with zero attached hydrogens (tertiary/aromatic N) is 2. The second-order valence-electron chi connectivity index (χ2n) is 14.0. The maximum absolute atomic E-state index is 6.57. The van der Waals surface area contributed by atoms with Crippen LogP contribution in [-0.4, -0.2) is 4.98 Å². The van der Waals surface area contributed by atoms with Crippen molar-refractivity contribution in [3.05, 3.63) is 157 Å². The van der Waals surface area contributed by atoms with E-state index in [2.05, 4.69) is 110 Å². The highest BCUT2D eigenvalue weighted by atomic mass is 16.4. The number of furan rings is 2. The average Bonchev–Trinajstić information content (AvgIpc) is 3.90. The number of benzene rings is 7. The molecule has 0 unspecified atom stereocenters. The molecule has 7 aromatic carbocycles. The number of rotatable bonds is 4. The monoisotopic (exact) mass is 658 g/mol. The van der Waals surface area contributed by atoms with Crippen molar-refractivity contribution in [2.45, 2.75) is 19.3 Å². The van der Waals surface area contributed by atoms with Gasteiger partial charge in [0.2, 0.25) is 5.89 Å². The molecule has 0 radical (unpaired) electrons. The Morgan fingerprint density at radius 2 is 1.06 bits per heavy atom. The summed E-state index contributed by atoms with van der Waals surface area (Å²) in [6.07, 6.45) is 0. The van der Waals surface area contributed by atoms with Gasteiger partial charge in [-0.25, -0.2) is 4.98 Å². The molecule has 0 amide bonds. The number of fused-ring (bicyclic) bond motifs is 10. The summed E-state index contributed by atoms with van der Waals surface area (Å²) in [6, 6.07) is 50.8. The standard InChI is InChI=1S/C46H30N2O3/c1-46(2)37-14-8-6-12-31(37)32-19-16-28(22-38(32)46)48(29-17-20-34-33-13-7-9-15-40(33)49-41(34)23-29)30-18-21-35-36-25-44-39(26-43(36)50-42(35)24-30)47-45(51-44)27-10-4-3-5-11-27/h3-26H,1-2H3. The first-order valence-corrected chi connectivity index (χ1v) is 17.3. The van der Waals surface area contributed by atoms with Gasteiger partial charge in [-0.2, -0.15) is 0 Å². The van der Waals surface area contributed by atoms with E-state index in [1.54, 1.807) is 0 Å². The van der Waals surface area contributed by atoms with Crippen LogP contribution in [0.15, 0.2) is 159 Å². The van der Waals surface area contributed by atoms with Gasteiger partial charge >= 0.3 is 0 Å². The van der Waals surface area contributed by atoms with Gasteiger partial charge in [0.25, 0.3) is 0 Å². The lowest BCUT2D eigenvalue weighted by Crippen LogP contribution is -2.16. The van der Waals surface area contributed by atoms with E-state index in [-0.39, 0.29) is 5.41 Å². The van der Waals surface area contributed by atoms with Crippen LogP contribution < -0.4 is 4.90 Å². The highest BCUT2D eigenvalue weighted by Gasteiger charge is 2.35. The Morgan fingerprint density at radius 3 is 1.88 bits per heavy atom. The van der Waals surface area contributed by atoms with Gasteiger partial charge < -0.3 is 18.2 Å². The van der Waals surface area contributed by atoms with Gasteiger partial charge in [0.15, 0.2) is 5.58 Å². The Balaban J connectivity index is 1.08. The molecule has 11 rings (SSSR count). The smallest absolute Gasteiger partial charge is 0.227 e. The van der Waals surface area contributed by atoms with Gasteiger partial charge in [0, 0.05) is 67.8 Å². The van der Waals surface area contributed by atoms with Crippen LogP contribution in [0.2, 0.25) is 0 Å². The number of oxazole rings is 1. The van der Waals surface area contributed by atoms with Gasteiger partial charge in [-0.3, -0.25) is 0 Å². The van der Waals surface area contributed by atoms with Crippen LogP contribution in [0.4, 0.5) is 17.1 Å². The van der Waals surface area contributed by atoms with Crippen molar-refractivity contribution < 1.29 is 13.3 Å². The zero-order valence-electron chi connectivity index (χ0n) is 28.0.